The fourth-order valence-corrected chi connectivity index (χ4v) is 2.35. The van der Waals surface area contributed by atoms with Crippen molar-refractivity contribution in [2.75, 3.05) is 11.4 Å². The highest BCUT2D eigenvalue weighted by Gasteiger charge is 2.42. The second kappa shape index (κ2) is 5.44. The number of carbonyl (C=O) groups is 1. The molecular formula is C13H12F6N2O. The van der Waals surface area contributed by atoms with Crippen molar-refractivity contribution in [3.8, 4) is 0 Å². The molecule has 2 heterocycles. The molecule has 1 aliphatic heterocycles. The molecular weight excluding hydrogens is 314 g/mol. The van der Waals surface area contributed by atoms with Gasteiger partial charge in [-0.1, -0.05) is 6.92 Å². The lowest BCUT2D eigenvalue weighted by Crippen LogP contribution is -2.50. The zero-order valence-electron chi connectivity index (χ0n) is 11.4. The van der Waals surface area contributed by atoms with Crippen LogP contribution in [0.3, 0.4) is 0 Å². The SMILES string of the molecule is CCc1c(C(F)(F)F)cc(C(F)(F)F)nc1N1CCC1C=O. The molecule has 0 saturated carbocycles. The number of nitrogens with zero attached hydrogens (tertiary/aromatic N) is 2. The molecule has 122 valence electrons. The van der Waals surface area contributed by atoms with Crippen LogP contribution in [0.5, 0.6) is 0 Å². The van der Waals surface area contributed by atoms with Crippen molar-refractivity contribution in [3.05, 3.63) is 22.9 Å². The number of hydrogen-bond acceptors (Lipinski definition) is 3. The summed E-state index contributed by atoms with van der Waals surface area (Å²) in [5, 5.41) is 0. The molecule has 1 saturated heterocycles. The zero-order valence-corrected chi connectivity index (χ0v) is 11.4. The summed E-state index contributed by atoms with van der Waals surface area (Å²) in [5.74, 6) is -0.409. The smallest absolute Gasteiger partial charge is 0.346 e. The fraction of sp³-hybridized carbons (Fsp3) is 0.538. The number of aldehydes is 1. The molecule has 3 nitrogen and oxygen atoms in total. The topological polar surface area (TPSA) is 33.2 Å². The molecule has 1 aromatic heterocycles. The van der Waals surface area contributed by atoms with E-state index in [-0.39, 0.29) is 24.6 Å². The molecule has 0 aliphatic carbocycles. The Morgan fingerprint density at radius 1 is 1.27 bits per heavy atom. The number of rotatable bonds is 3. The highest BCUT2D eigenvalue weighted by molar-refractivity contribution is 5.70. The Balaban J connectivity index is 2.67. The summed E-state index contributed by atoms with van der Waals surface area (Å²) >= 11 is 0. The molecule has 0 bridgehead atoms. The lowest BCUT2D eigenvalue weighted by atomic mass is 9.99. The van der Waals surface area contributed by atoms with E-state index < -0.39 is 35.5 Å². The summed E-state index contributed by atoms with van der Waals surface area (Å²) in [4.78, 5) is 15.3. The summed E-state index contributed by atoms with van der Waals surface area (Å²) < 4.78 is 77.6. The Morgan fingerprint density at radius 3 is 2.27 bits per heavy atom. The third kappa shape index (κ3) is 2.89. The van der Waals surface area contributed by atoms with Crippen molar-refractivity contribution in [2.45, 2.75) is 38.2 Å². The van der Waals surface area contributed by atoms with Crippen LogP contribution in [0.4, 0.5) is 32.2 Å². The van der Waals surface area contributed by atoms with Gasteiger partial charge in [-0.3, -0.25) is 0 Å². The molecule has 1 atom stereocenters. The largest absolute Gasteiger partial charge is 0.433 e. The first-order valence-corrected chi connectivity index (χ1v) is 6.49. The van der Waals surface area contributed by atoms with Crippen LogP contribution in [0.2, 0.25) is 0 Å². The van der Waals surface area contributed by atoms with Crippen LogP contribution < -0.4 is 4.90 Å². The van der Waals surface area contributed by atoms with Gasteiger partial charge in [0, 0.05) is 12.1 Å². The van der Waals surface area contributed by atoms with Crippen molar-refractivity contribution in [1.29, 1.82) is 0 Å². The van der Waals surface area contributed by atoms with E-state index in [1.165, 1.54) is 11.8 Å². The number of alkyl halides is 6. The minimum absolute atomic E-state index is 0.0258. The quantitative estimate of drug-likeness (QED) is 0.630. The van der Waals surface area contributed by atoms with E-state index in [1.54, 1.807) is 0 Å². The van der Waals surface area contributed by atoms with E-state index in [0.29, 0.717) is 12.7 Å². The highest BCUT2D eigenvalue weighted by atomic mass is 19.4. The van der Waals surface area contributed by atoms with Gasteiger partial charge in [-0.05, 0) is 18.9 Å². The first-order chi connectivity index (χ1) is 10.1. The number of pyridine rings is 1. The van der Waals surface area contributed by atoms with Gasteiger partial charge in [-0.25, -0.2) is 4.98 Å². The van der Waals surface area contributed by atoms with E-state index in [4.69, 9.17) is 0 Å². The molecule has 1 fully saturated rings. The maximum atomic E-state index is 13.1. The maximum Gasteiger partial charge on any atom is 0.433 e. The molecule has 0 aromatic carbocycles. The van der Waals surface area contributed by atoms with Gasteiger partial charge in [-0.2, -0.15) is 26.3 Å². The fourth-order valence-electron chi connectivity index (χ4n) is 2.35. The normalized spacial score (nSPS) is 19.0. The Hall–Kier alpha value is -1.80. The van der Waals surface area contributed by atoms with Gasteiger partial charge >= 0.3 is 12.4 Å². The predicted molar refractivity (Wildman–Crippen MR) is 65.4 cm³/mol. The van der Waals surface area contributed by atoms with Gasteiger partial charge in [0.1, 0.15) is 17.8 Å². The number of hydrogen-bond donors (Lipinski definition) is 0. The second-order valence-corrected chi connectivity index (χ2v) is 4.89. The van der Waals surface area contributed by atoms with Crippen molar-refractivity contribution in [2.24, 2.45) is 0 Å². The molecule has 1 unspecified atom stereocenters. The van der Waals surface area contributed by atoms with Crippen LogP contribution in [0.15, 0.2) is 6.07 Å². The van der Waals surface area contributed by atoms with Crippen molar-refractivity contribution >= 4 is 12.1 Å². The van der Waals surface area contributed by atoms with E-state index in [2.05, 4.69) is 4.98 Å². The zero-order chi connectivity index (χ0) is 16.7. The van der Waals surface area contributed by atoms with Crippen LogP contribution in [-0.2, 0) is 23.6 Å². The molecule has 0 radical (unpaired) electrons. The van der Waals surface area contributed by atoms with Gasteiger partial charge < -0.3 is 9.69 Å². The Bertz CT molecular complexity index is 581. The number of carbonyl (C=O) groups excluding carboxylic acids is 1. The number of anilines is 1. The molecule has 0 amide bonds. The van der Waals surface area contributed by atoms with Gasteiger partial charge in [0.2, 0.25) is 0 Å². The predicted octanol–water partition coefficient (Wildman–Crippen LogP) is 3.46. The van der Waals surface area contributed by atoms with Gasteiger partial charge in [0.25, 0.3) is 0 Å². The summed E-state index contributed by atoms with van der Waals surface area (Å²) in [5.41, 5.74) is -3.29. The van der Waals surface area contributed by atoms with Crippen LogP contribution in [-0.4, -0.2) is 23.9 Å². The van der Waals surface area contributed by atoms with Gasteiger partial charge in [0.05, 0.1) is 11.6 Å². The molecule has 0 N–H and O–H groups in total. The minimum Gasteiger partial charge on any atom is -0.346 e. The molecule has 2 rings (SSSR count). The first kappa shape index (κ1) is 16.6. The average Bonchev–Trinajstić information content (AvgIpc) is 2.35. The van der Waals surface area contributed by atoms with Crippen LogP contribution in [0, 0.1) is 0 Å². The molecule has 1 aromatic rings. The maximum absolute atomic E-state index is 13.1. The standard InChI is InChI=1S/C13H12F6N2O/c1-2-8-9(12(14,15)16)5-10(13(17,18)19)20-11(8)21-4-3-7(21)6-22/h5-7H,2-4H2,1H3. The number of aromatic nitrogens is 1. The Kier molecular flexibility index (Phi) is 4.09. The first-order valence-electron chi connectivity index (χ1n) is 6.49. The van der Waals surface area contributed by atoms with Crippen LogP contribution in [0.25, 0.3) is 0 Å². The third-order valence-corrected chi connectivity index (χ3v) is 3.55. The van der Waals surface area contributed by atoms with Gasteiger partial charge in [-0.15, -0.1) is 0 Å². The van der Waals surface area contributed by atoms with E-state index in [9.17, 15) is 31.1 Å². The van der Waals surface area contributed by atoms with Crippen LogP contribution >= 0.6 is 0 Å². The van der Waals surface area contributed by atoms with Crippen molar-refractivity contribution in [3.63, 3.8) is 0 Å². The van der Waals surface area contributed by atoms with Crippen LogP contribution in [0.1, 0.15) is 30.2 Å². The summed E-state index contributed by atoms with van der Waals surface area (Å²) in [6, 6.07) is -0.708. The molecule has 1 aliphatic rings. The van der Waals surface area contributed by atoms with Crippen molar-refractivity contribution in [1.82, 2.24) is 4.98 Å². The lowest BCUT2D eigenvalue weighted by molar-refractivity contribution is -0.145. The van der Waals surface area contributed by atoms with Gasteiger partial charge in [0.15, 0.2) is 0 Å². The van der Waals surface area contributed by atoms with E-state index in [0.717, 1.165) is 0 Å². The highest BCUT2D eigenvalue weighted by Crippen LogP contribution is 2.41. The van der Waals surface area contributed by atoms with E-state index >= 15 is 0 Å². The third-order valence-electron chi connectivity index (χ3n) is 3.55. The lowest BCUT2D eigenvalue weighted by Gasteiger charge is -2.40. The molecule has 9 heteroatoms. The van der Waals surface area contributed by atoms with Crippen molar-refractivity contribution < 1.29 is 31.1 Å². The summed E-state index contributed by atoms with van der Waals surface area (Å²) in [6.45, 7) is 1.60. The summed E-state index contributed by atoms with van der Waals surface area (Å²) in [7, 11) is 0. The monoisotopic (exact) mass is 326 g/mol. The second-order valence-electron chi connectivity index (χ2n) is 4.89. The Labute approximate surface area is 121 Å². The summed E-state index contributed by atoms with van der Waals surface area (Å²) in [6.07, 6.45) is -9.19. The molecule has 0 spiro atoms. The van der Waals surface area contributed by atoms with E-state index in [1.807, 2.05) is 0 Å². The minimum atomic E-state index is -5.00. The molecule has 22 heavy (non-hydrogen) atoms. The number of halogens is 6. The Morgan fingerprint density at radius 2 is 1.91 bits per heavy atom. The average molecular weight is 326 g/mol.